The highest BCUT2D eigenvalue weighted by Crippen LogP contribution is 2.82. The van der Waals surface area contributed by atoms with E-state index < -0.39 is 0 Å². The fourth-order valence-electron chi connectivity index (χ4n) is 9.79. The van der Waals surface area contributed by atoms with Crippen molar-refractivity contribution >= 4 is 5.97 Å². The van der Waals surface area contributed by atoms with E-state index in [0.29, 0.717) is 28.3 Å². The Morgan fingerprint density at radius 1 is 1.04 bits per heavy atom. The number of rotatable bonds is 3. The zero-order valence-corrected chi connectivity index (χ0v) is 17.9. The second-order valence-corrected chi connectivity index (χ2v) is 11.3. The number of carbonyl (C=O) groups is 1. The van der Waals surface area contributed by atoms with Gasteiger partial charge in [-0.1, -0.05) is 20.8 Å². The molecule has 0 aromatic carbocycles. The number of fused-ring (bicyclic) bond motifs is 4. The lowest BCUT2D eigenvalue weighted by Crippen LogP contribution is -2.57. The molecule has 152 valence electrons. The lowest BCUT2D eigenvalue weighted by atomic mass is 9.45. The van der Waals surface area contributed by atoms with Crippen molar-refractivity contribution in [2.45, 2.75) is 78.2 Å². The van der Waals surface area contributed by atoms with Crippen molar-refractivity contribution in [2.75, 3.05) is 14.2 Å². The third kappa shape index (κ3) is 2.05. The molecule has 5 rings (SSSR count). The summed E-state index contributed by atoms with van der Waals surface area (Å²) in [5.41, 5.74) is 1.30. The number of hydrogen-bond acceptors (Lipinski definition) is 3. The second-order valence-electron chi connectivity index (χ2n) is 11.3. The minimum absolute atomic E-state index is 0.00931. The van der Waals surface area contributed by atoms with E-state index in [1.165, 1.54) is 51.4 Å². The minimum atomic E-state index is -0.00931. The van der Waals surface area contributed by atoms with Crippen LogP contribution in [0.1, 0.15) is 72.1 Å². The summed E-state index contributed by atoms with van der Waals surface area (Å²) in [5, 5.41) is 0. The maximum Gasteiger partial charge on any atom is 0.308 e. The molecular formula is C24H38O3. The Morgan fingerprint density at radius 3 is 2.48 bits per heavy atom. The summed E-state index contributed by atoms with van der Waals surface area (Å²) in [6.45, 7) is 7.25. The molecule has 0 radical (unpaired) electrons. The maximum absolute atomic E-state index is 12.3. The molecular weight excluding hydrogens is 336 g/mol. The van der Waals surface area contributed by atoms with Crippen LogP contribution in [0.5, 0.6) is 0 Å². The van der Waals surface area contributed by atoms with Crippen molar-refractivity contribution < 1.29 is 14.3 Å². The monoisotopic (exact) mass is 374 g/mol. The van der Waals surface area contributed by atoms with Gasteiger partial charge in [0.2, 0.25) is 0 Å². The molecule has 5 fully saturated rings. The number of methoxy groups -OCH3 is 2. The van der Waals surface area contributed by atoms with E-state index in [4.69, 9.17) is 9.47 Å². The quantitative estimate of drug-likeness (QED) is 0.646. The van der Waals surface area contributed by atoms with Crippen LogP contribution in [-0.4, -0.2) is 26.3 Å². The van der Waals surface area contributed by atoms with Gasteiger partial charge >= 0.3 is 5.97 Å². The highest BCUT2D eigenvalue weighted by atomic mass is 16.5. The van der Waals surface area contributed by atoms with Gasteiger partial charge in [0.25, 0.3) is 0 Å². The zero-order chi connectivity index (χ0) is 19.2. The molecule has 3 nitrogen and oxygen atoms in total. The molecule has 1 spiro atoms. The Labute approximate surface area is 164 Å². The van der Waals surface area contributed by atoms with Crippen molar-refractivity contribution in [3.63, 3.8) is 0 Å². The van der Waals surface area contributed by atoms with Gasteiger partial charge in [-0.2, -0.15) is 0 Å². The molecule has 0 aromatic heterocycles. The predicted molar refractivity (Wildman–Crippen MR) is 105 cm³/mol. The Hall–Kier alpha value is -0.570. The van der Waals surface area contributed by atoms with Gasteiger partial charge in [0, 0.05) is 12.5 Å². The molecule has 0 amide bonds. The van der Waals surface area contributed by atoms with Crippen molar-refractivity contribution in [2.24, 2.45) is 51.8 Å². The fourth-order valence-corrected chi connectivity index (χ4v) is 9.79. The highest BCUT2D eigenvalue weighted by Gasteiger charge is 2.77. The van der Waals surface area contributed by atoms with Crippen LogP contribution < -0.4 is 0 Å². The lowest BCUT2D eigenvalue weighted by Gasteiger charge is -2.61. The molecule has 27 heavy (non-hydrogen) atoms. The van der Waals surface area contributed by atoms with Crippen molar-refractivity contribution in [3.05, 3.63) is 0 Å². The van der Waals surface area contributed by atoms with Gasteiger partial charge < -0.3 is 9.47 Å². The van der Waals surface area contributed by atoms with Crippen LogP contribution in [0, 0.1) is 51.8 Å². The normalized spacial score (nSPS) is 56.5. The SMILES string of the molecule is COC(=O)[C@H](C)[C@H]1CC[C@H]2[C@@H]3C[C@@H](OC)[C@]45C[C@H]4CC[C@]5(C)[C@H]3CC[C@]12C. The van der Waals surface area contributed by atoms with Gasteiger partial charge in [-0.15, -0.1) is 0 Å². The van der Waals surface area contributed by atoms with Crippen LogP contribution in [0.25, 0.3) is 0 Å². The van der Waals surface area contributed by atoms with E-state index >= 15 is 0 Å². The number of carbonyl (C=O) groups excluding carboxylic acids is 1. The Kier molecular flexibility index (Phi) is 3.92. The molecule has 0 aliphatic heterocycles. The molecule has 0 saturated heterocycles. The van der Waals surface area contributed by atoms with E-state index in [1.807, 2.05) is 7.11 Å². The van der Waals surface area contributed by atoms with Gasteiger partial charge in [-0.25, -0.2) is 0 Å². The second kappa shape index (κ2) is 5.74. The van der Waals surface area contributed by atoms with Gasteiger partial charge in [-0.05, 0) is 91.8 Å². The standard InChI is InChI=1S/C24H38O3/c1-14(21(25)27-5)17-6-7-18-16-12-20(26-4)24-13-15(24)8-11-23(24,3)19(16)9-10-22(17,18)2/h14-20H,6-13H2,1-5H3/t14-,15-,16+,17-,18+,19+,20-,22-,23-,24+/m1/s1. The average molecular weight is 375 g/mol. The zero-order valence-electron chi connectivity index (χ0n) is 17.9. The molecule has 0 aromatic rings. The van der Waals surface area contributed by atoms with E-state index in [9.17, 15) is 4.79 Å². The van der Waals surface area contributed by atoms with Crippen LogP contribution in [0.15, 0.2) is 0 Å². The summed E-state index contributed by atoms with van der Waals surface area (Å²) in [6, 6.07) is 0. The summed E-state index contributed by atoms with van der Waals surface area (Å²) in [4.78, 5) is 12.3. The molecule has 5 aliphatic rings. The molecule has 5 aliphatic carbocycles. The molecule has 0 N–H and O–H groups in total. The smallest absolute Gasteiger partial charge is 0.308 e. The maximum atomic E-state index is 12.3. The van der Waals surface area contributed by atoms with E-state index in [0.717, 1.165) is 23.7 Å². The largest absolute Gasteiger partial charge is 0.469 e. The fraction of sp³-hybridized carbons (Fsp3) is 0.958. The first-order valence-electron chi connectivity index (χ1n) is 11.4. The number of ether oxygens (including phenoxy) is 2. The highest BCUT2D eigenvalue weighted by molar-refractivity contribution is 5.72. The summed E-state index contributed by atoms with van der Waals surface area (Å²) in [7, 11) is 3.51. The van der Waals surface area contributed by atoms with Crippen molar-refractivity contribution in [1.82, 2.24) is 0 Å². The number of esters is 1. The predicted octanol–water partition coefficient (Wildman–Crippen LogP) is 5.08. The van der Waals surface area contributed by atoms with Crippen LogP contribution in [0.4, 0.5) is 0 Å². The minimum Gasteiger partial charge on any atom is -0.469 e. The first kappa shape index (κ1) is 18.5. The Balaban J connectivity index is 1.47. The molecule has 0 bridgehead atoms. The average Bonchev–Trinajstić information content (AvgIpc) is 3.17. The van der Waals surface area contributed by atoms with E-state index in [-0.39, 0.29) is 11.9 Å². The summed E-state index contributed by atoms with van der Waals surface area (Å²) in [5.74, 6) is 3.88. The van der Waals surface area contributed by atoms with Crippen molar-refractivity contribution in [1.29, 1.82) is 0 Å². The summed E-state index contributed by atoms with van der Waals surface area (Å²) in [6.07, 6.45) is 11.2. The molecule has 10 atom stereocenters. The van der Waals surface area contributed by atoms with Gasteiger partial charge in [0.15, 0.2) is 0 Å². The Morgan fingerprint density at radius 2 is 1.81 bits per heavy atom. The lowest BCUT2D eigenvalue weighted by molar-refractivity contribution is -0.165. The van der Waals surface area contributed by atoms with Crippen LogP contribution >= 0.6 is 0 Å². The first-order valence-corrected chi connectivity index (χ1v) is 11.4. The first-order chi connectivity index (χ1) is 12.8. The third-order valence-corrected chi connectivity index (χ3v) is 11.1. The van der Waals surface area contributed by atoms with Crippen LogP contribution in [0.3, 0.4) is 0 Å². The molecule has 0 heterocycles. The molecule has 3 heteroatoms. The van der Waals surface area contributed by atoms with Gasteiger partial charge in [0.1, 0.15) is 0 Å². The Bertz CT molecular complexity index is 646. The molecule has 0 unspecified atom stereocenters. The summed E-state index contributed by atoms with van der Waals surface area (Å²) >= 11 is 0. The van der Waals surface area contributed by atoms with E-state index in [1.54, 1.807) is 7.11 Å². The third-order valence-electron chi connectivity index (χ3n) is 11.1. The van der Waals surface area contributed by atoms with Crippen molar-refractivity contribution in [3.8, 4) is 0 Å². The summed E-state index contributed by atoms with van der Waals surface area (Å²) < 4.78 is 11.3. The van der Waals surface area contributed by atoms with Crippen LogP contribution in [-0.2, 0) is 14.3 Å². The van der Waals surface area contributed by atoms with E-state index in [2.05, 4.69) is 20.8 Å². The molecule has 5 saturated carbocycles. The number of hydrogen-bond donors (Lipinski definition) is 0. The van der Waals surface area contributed by atoms with Gasteiger partial charge in [-0.3, -0.25) is 4.79 Å². The van der Waals surface area contributed by atoms with Crippen LogP contribution in [0.2, 0.25) is 0 Å². The van der Waals surface area contributed by atoms with Gasteiger partial charge in [0.05, 0.1) is 19.1 Å². The topological polar surface area (TPSA) is 35.5 Å².